The lowest BCUT2D eigenvalue weighted by Gasteiger charge is -2.02. The van der Waals surface area contributed by atoms with Gasteiger partial charge in [-0.15, -0.1) is 0 Å². The summed E-state index contributed by atoms with van der Waals surface area (Å²) in [6.45, 7) is 0. The zero-order valence-corrected chi connectivity index (χ0v) is 10.9. The van der Waals surface area contributed by atoms with Crippen molar-refractivity contribution in [2.75, 3.05) is 5.32 Å². The van der Waals surface area contributed by atoms with Crippen molar-refractivity contribution in [3.63, 3.8) is 0 Å². The predicted molar refractivity (Wildman–Crippen MR) is 67.5 cm³/mol. The number of anilines is 1. The minimum atomic E-state index is -1.72. The number of allylic oxidation sites excluding steroid dienone is 1. The van der Waals surface area contributed by atoms with E-state index in [1.54, 1.807) is 12.4 Å². The highest BCUT2D eigenvalue weighted by atomic mass is 127. The summed E-state index contributed by atoms with van der Waals surface area (Å²) in [6.07, 6.45) is 2.95. The molecule has 7 heteroatoms. The Morgan fingerprint density at radius 2 is 2.06 bits per heavy atom. The van der Waals surface area contributed by atoms with E-state index in [0.29, 0.717) is 6.42 Å². The maximum atomic E-state index is 11.7. The average molecular weight is 353 g/mol. The molecule has 1 amide bonds. The van der Waals surface area contributed by atoms with Gasteiger partial charge in [0.2, 0.25) is 11.9 Å². The highest BCUT2D eigenvalue weighted by Gasteiger charge is 2.03. The van der Waals surface area contributed by atoms with Gasteiger partial charge in [0, 0.05) is 22.4 Å². The van der Waals surface area contributed by atoms with Crippen molar-refractivity contribution in [1.29, 1.82) is 0 Å². The highest BCUT2D eigenvalue weighted by Crippen LogP contribution is 2.06. The molecule has 0 bridgehead atoms. The molecule has 92 valence electrons. The Bertz CT molecular complexity index is 405. The van der Waals surface area contributed by atoms with E-state index in [1.165, 1.54) is 0 Å². The third-order valence-corrected chi connectivity index (χ3v) is 2.34. The maximum absolute atomic E-state index is 11.7. The summed E-state index contributed by atoms with van der Waals surface area (Å²) >= 11 is 2.05. The van der Waals surface area contributed by atoms with Gasteiger partial charge in [-0.05, 0) is 41.5 Å². The van der Waals surface area contributed by atoms with Gasteiger partial charge < -0.3 is 0 Å². The van der Waals surface area contributed by atoms with Crippen LogP contribution in [0.4, 0.5) is 14.7 Å². The minimum absolute atomic E-state index is 0.166. The Balaban J connectivity index is 2.30. The molecule has 0 saturated heterocycles. The fraction of sp³-hybridized carbons (Fsp3) is 0.300. The molecule has 0 radical (unpaired) electrons. The lowest BCUT2D eigenvalue weighted by Crippen LogP contribution is -2.13. The number of rotatable bonds is 5. The summed E-state index contributed by atoms with van der Waals surface area (Å²) < 4.78 is 24.2. The van der Waals surface area contributed by atoms with Crippen LogP contribution < -0.4 is 5.32 Å². The molecule has 17 heavy (non-hydrogen) atoms. The highest BCUT2D eigenvalue weighted by molar-refractivity contribution is 14.1. The first-order valence-corrected chi connectivity index (χ1v) is 5.94. The summed E-state index contributed by atoms with van der Waals surface area (Å²) in [6, 6.07) is 0. The first kappa shape index (κ1) is 13.9. The van der Waals surface area contributed by atoms with Crippen molar-refractivity contribution in [2.45, 2.75) is 19.3 Å². The molecule has 1 rings (SSSR count). The first-order valence-electron chi connectivity index (χ1n) is 4.86. The molecule has 0 saturated carbocycles. The Hall–Kier alpha value is -1.12. The molecule has 1 heterocycles. The number of hydrogen-bond donors (Lipinski definition) is 1. The fourth-order valence-corrected chi connectivity index (χ4v) is 1.32. The molecule has 0 fully saturated rings. The molecular formula is C10H10F2IN3O. The first-order chi connectivity index (χ1) is 8.08. The van der Waals surface area contributed by atoms with Gasteiger partial charge in [0.15, 0.2) is 0 Å². The number of amides is 1. The molecule has 0 spiro atoms. The summed E-state index contributed by atoms with van der Waals surface area (Å²) in [4.78, 5) is 19.1. The van der Waals surface area contributed by atoms with Crippen LogP contribution in [0.2, 0.25) is 0 Å². The normalized spacial score (nSPS) is 9.82. The van der Waals surface area contributed by atoms with Gasteiger partial charge in [-0.1, -0.05) is 0 Å². The molecule has 0 aliphatic rings. The number of nitrogens with zero attached hydrogens (tertiary/aromatic N) is 2. The van der Waals surface area contributed by atoms with Crippen molar-refractivity contribution >= 4 is 34.4 Å². The predicted octanol–water partition coefficient (Wildman–Crippen LogP) is 2.97. The maximum Gasteiger partial charge on any atom is 0.266 e. The summed E-state index contributed by atoms with van der Waals surface area (Å²) in [5.41, 5.74) is 0. The van der Waals surface area contributed by atoms with Crippen LogP contribution in [0.3, 0.4) is 0 Å². The molecule has 0 aliphatic carbocycles. The summed E-state index contributed by atoms with van der Waals surface area (Å²) in [5, 5.41) is 2.48. The molecule has 1 aromatic rings. The van der Waals surface area contributed by atoms with Gasteiger partial charge >= 0.3 is 0 Å². The SMILES string of the molecule is O=C(CCCC=C(F)F)Nc1ncc(I)cn1. The van der Waals surface area contributed by atoms with Crippen LogP contribution in [0.25, 0.3) is 0 Å². The standard InChI is InChI=1S/C10H10F2IN3O/c11-8(12)3-1-2-4-9(17)16-10-14-5-7(13)6-15-10/h3,5-6H,1-2,4H2,(H,14,15,16,17). The van der Waals surface area contributed by atoms with E-state index in [4.69, 9.17) is 0 Å². The van der Waals surface area contributed by atoms with E-state index in [1.807, 2.05) is 22.6 Å². The van der Waals surface area contributed by atoms with Crippen molar-refractivity contribution in [3.05, 3.63) is 28.1 Å². The van der Waals surface area contributed by atoms with Gasteiger partial charge in [-0.25, -0.2) is 9.97 Å². The molecule has 0 aromatic carbocycles. The molecule has 0 unspecified atom stereocenters. The second-order valence-corrected chi connectivity index (χ2v) is 4.40. The largest absolute Gasteiger partial charge is 0.295 e. The second kappa shape index (κ2) is 7.25. The number of nitrogens with one attached hydrogen (secondary N) is 1. The van der Waals surface area contributed by atoms with Crippen molar-refractivity contribution in [3.8, 4) is 0 Å². The number of unbranched alkanes of at least 4 members (excludes halogenated alkanes) is 1. The van der Waals surface area contributed by atoms with Crippen LogP contribution in [0.5, 0.6) is 0 Å². The molecular weight excluding hydrogens is 343 g/mol. The van der Waals surface area contributed by atoms with Gasteiger partial charge in [-0.2, -0.15) is 8.78 Å². The quantitative estimate of drug-likeness (QED) is 0.654. The van der Waals surface area contributed by atoms with Gasteiger partial charge in [-0.3, -0.25) is 10.1 Å². The topological polar surface area (TPSA) is 54.9 Å². The summed E-state index contributed by atoms with van der Waals surface area (Å²) in [5.74, 6) is -0.0542. The molecule has 4 nitrogen and oxygen atoms in total. The number of aromatic nitrogens is 2. The smallest absolute Gasteiger partial charge is 0.266 e. The molecule has 0 atom stereocenters. The van der Waals surface area contributed by atoms with E-state index in [0.717, 1.165) is 9.65 Å². The Labute approximate surface area is 111 Å². The van der Waals surface area contributed by atoms with Crippen LogP contribution in [-0.4, -0.2) is 15.9 Å². The zero-order valence-electron chi connectivity index (χ0n) is 8.79. The van der Waals surface area contributed by atoms with Crippen LogP contribution in [0.15, 0.2) is 24.6 Å². The zero-order chi connectivity index (χ0) is 12.7. The second-order valence-electron chi connectivity index (χ2n) is 3.16. The van der Waals surface area contributed by atoms with E-state index in [-0.39, 0.29) is 24.7 Å². The Morgan fingerprint density at radius 1 is 1.41 bits per heavy atom. The number of hydrogen-bond acceptors (Lipinski definition) is 3. The molecule has 1 aromatic heterocycles. The fourth-order valence-electron chi connectivity index (χ4n) is 1.04. The minimum Gasteiger partial charge on any atom is -0.295 e. The summed E-state index contributed by atoms with van der Waals surface area (Å²) in [7, 11) is 0. The van der Waals surface area contributed by atoms with Crippen LogP contribution in [0, 0.1) is 3.57 Å². The molecule has 0 aliphatic heterocycles. The van der Waals surface area contributed by atoms with Gasteiger partial charge in [0.05, 0.1) is 0 Å². The lowest BCUT2D eigenvalue weighted by molar-refractivity contribution is -0.116. The number of halogens is 3. The third kappa shape index (κ3) is 6.25. The van der Waals surface area contributed by atoms with Crippen LogP contribution in [-0.2, 0) is 4.79 Å². The van der Waals surface area contributed by atoms with Gasteiger partial charge in [0.25, 0.3) is 6.08 Å². The van der Waals surface area contributed by atoms with E-state index < -0.39 is 6.08 Å². The van der Waals surface area contributed by atoms with Gasteiger partial charge in [0.1, 0.15) is 0 Å². The van der Waals surface area contributed by atoms with Crippen molar-refractivity contribution < 1.29 is 13.6 Å². The van der Waals surface area contributed by atoms with E-state index >= 15 is 0 Å². The Kier molecular flexibility index (Phi) is 5.95. The van der Waals surface area contributed by atoms with E-state index in [9.17, 15) is 13.6 Å². The van der Waals surface area contributed by atoms with Crippen molar-refractivity contribution in [2.24, 2.45) is 0 Å². The third-order valence-electron chi connectivity index (χ3n) is 1.78. The lowest BCUT2D eigenvalue weighted by atomic mass is 10.2. The number of carbonyl (C=O) groups excluding carboxylic acids is 1. The van der Waals surface area contributed by atoms with Crippen molar-refractivity contribution in [1.82, 2.24) is 9.97 Å². The van der Waals surface area contributed by atoms with E-state index in [2.05, 4.69) is 15.3 Å². The average Bonchev–Trinajstić information content (AvgIpc) is 2.27. The molecule has 1 N–H and O–H groups in total. The number of carbonyl (C=O) groups is 1. The van der Waals surface area contributed by atoms with Crippen LogP contribution in [0.1, 0.15) is 19.3 Å². The van der Waals surface area contributed by atoms with Crippen LogP contribution >= 0.6 is 22.6 Å². The Morgan fingerprint density at radius 3 is 2.65 bits per heavy atom. The monoisotopic (exact) mass is 353 g/mol.